The first kappa shape index (κ1) is 15.4. The average molecular weight is 346 g/mol. The maximum atomic E-state index is 13.1. The van der Waals surface area contributed by atoms with Crippen molar-refractivity contribution in [2.45, 2.75) is 44.6 Å². The van der Waals surface area contributed by atoms with E-state index < -0.39 is 5.92 Å². The second kappa shape index (κ2) is 6.20. The first-order chi connectivity index (χ1) is 9.37. The summed E-state index contributed by atoms with van der Waals surface area (Å²) in [7, 11) is 0. The molecule has 2 nitrogen and oxygen atoms in total. The van der Waals surface area contributed by atoms with Crippen LogP contribution in [0.1, 0.15) is 44.2 Å². The summed E-state index contributed by atoms with van der Waals surface area (Å²) in [4.78, 5) is 12.1. The Bertz CT molecular complexity index is 465. The van der Waals surface area contributed by atoms with Crippen LogP contribution in [0.3, 0.4) is 0 Å². The molecular weight excluding hydrogens is 328 g/mol. The lowest BCUT2D eigenvalue weighted by molar-refractivity contribution is -0.129. The lowest BCUT2D eigenvalue weighted by atomic mass is 9.86. The Balaban J connectivity index is 1.90. The number of hydrogen-bond acceptors (Lipinski definition) is 1. The van der Waals surface area contributed by atoms with Gasteiger partial charge in [0.2, 0.25) is 11.8 Å². The molecule has 0 spiro atoms. The Labute approximate surface area is 126 Å². The fraction of sp³-hybridized carbons (Fsp3) is 0.533. The van der Waals surface area contributed by atoms with E-state index in [0.717, 1.165) is 10.0 Å². The Kier molecular flexibility index (Phi) is 4.78. The van der Waals surface area contributed by atoms with Crippen molar-refractivity contribution in [3.8, 4) is 0 Å². The molecule has 1 N–H and O–H groups in total. The first-order valence-corrected chi connectivity index (χ1v) is 7.60. The molecular formula is C15H18BrF2NO. The molecule has 1 aliphatic carbocycles. The molecule has 0 radical (unpaired) electrons. The van der Waals surface area contributed by atoms with Gasteiger partial charge < -0.3 is 5.32 Å². The van der Waals surface area contributed by atoms with Gasteiger partial charge in [0.25, 0.3) is 0 Å². The summed E-state index contributed by atoms with van der Waals surface area (Å²) in [6.45, 7) is 1.90. The molecule has 5 heteroatoms. The summed E-state index contributed by atoms with van der Waals surface area (Å²) in [6.07, 6.45) is 0.174. The van der Waals surface area contributed by atoms with Crippen LogP contribution in [-0.2, 0) is 4.79 Å². The van der Waals surface area contributed by atoms with Gasteiger partial charge in [-0.25, -0.2) is 8.78 Å². The molecule has 1 aliphatic rings. The molecule has 1 aromatic rings. The van der Waals surface area contributed by atoms with Crippen molar-refractivity contribution in [1.82, 2.24) is 5.32 Å². The third-order valence-electron chi connectivity index (χ3n) is 3.82. The molecule has 0 bridgehead atoms. The van der Waals surface area contributed by atoms with E-state index in [0.29, 0.717) is 0 Å². The number of benzene rings is 1. The number of hydrogen-bond donors (Lipinski definition) is 1. The number of alkyl halides is 2. The van der Waals surface area contributed by atoms with Crippen LogP contribution in [0.5, 0.6) is 0 Å². The molecule has 110 valence electrons. The highest BCUT2D eigenvalue weighted by molar-refractivity contribution is 9.10. The zero-order valence-electron chi connectivity index (χ0n) is 11.3. The second-order valence-corrected chi connectivity index (χ2v) is 6.33. The van der Waals surface area contributed by atoms with Crippen molar-refractivity contribution in [3.63, 3.8) is 0 Å². The van der Waals surface area contributed by atoms with Gasteiger partial charge in [0.1, 0.15) is 0 Å². The van der Waals surface area contributed by atoms with E-state index in [-0.39, 0.29) is 43.6 Å². The zero-order valence-corrected chi connectivity index (χ0v) is 12.9. The zero-order chi connectivity index (χ0) is 14.8. The van der Waals surface area contributed by atoms with Gasteiger partial charge in [0.05, 0.1) is 6.04 Å². The summed E-state index contributed by atoms with van der Waals surface area (Å²) in [5.74, 6) is -2.99. The average Bonchev–Trinajstić information content (AvgIpc) is 2.39. The van der Waals surface area contributed by atoms with Gasteiger partial charge in [-0.1, -0.05) is 28.1 Å². The van der Waals surface area contributed by atoms with Crippen molar-refractivity contribution in [1.29, 1.82) is 0 Å². The Hall–Kier alpha value is -0.970. The predicted molar refractivity (Wildman–Crippen MR) is 77.6 cm³/mol. The van der Waals surface area contributed by atoms with Crippen LogP contribution < -0.4 is 5.32 Å². The third-order valence-corrected chi connectivity index (χ3v) is 4.35. The van der Waals surface area contributed by atoms with Crippen molar-refractivity contribution >= 4 is 21.8 Å². The minimum atomic E-state index is -2.59. The van der Waals surface area contributed by atoms with Gasteiger partial charge >= 0.3 is 0 Å². The van der Waals surface area contributed by atoms with Gasteiger partial charge in [-0.15, -0.1) is 0 Å². The summed E-state index contributed by atoms with van der Waals surface area (Å²) >= 11 is 3.36. The summed E-state index contributed by atoms with van der Waals surface area (Å²) in [6, 6.07) is 7.59. The number of amides is 1. The van der Waals surface area contributed by atoms with E-state index in [4.69, 9.17) is 0 Å². The molecule has 1 fully saturated rings. The summed E-state index contributed by atoms with van der Waals surface area (Å²) < 4.78 is 27.1. The molecule has 1 unspecified atom stereocenters. The van der Waals surface area contributed by atoms with Crippen LogP contribution in [0, 0.1) is 5.92 Å². The smallest absolute Gasteiger partial charge is 0.248 e. The van der Waals surface area contributed by atoms with Crippen LogP contribution in [0.15, 0.2) is 28.7 Å². The molecule has 1 aromatic carbocycles. The number of carbonyl (C=O) groups is 1. The Morgan fingerprint density at radius 1 is 1.30 bits per heavy atom. The lowest BCUT2D eigenvalue weighted by Gasteiger charge is -2.28. The van der Waals surface area contributed by atoms with E-state index in [1.54, 1.807) is 0 Å². The van der Waals surface area contributed by atoms with Crippen molar-refractivity contribution in [2.24, 2.45) is 5.92 Å². The van der Waals surface area contributed by atoms with Gasteiger partial charge in [0, 0.05) is 23.2 Å². The fourth-order valence-corrected chi connectivity index (χ4v) is 2.73. The highest BCUT2D eigenvalue weighted by Crippen LogP contribution is 2.36. The van der Waals surface area contributed by atoms with Gasteiger partial charge in [-0.3, -0.25) is 4.79 Å². The standard InChI is InChI=1S/C15H18BrF2NO/c1-10(11-2-4-13(16)5-3-11)19-14(20)12-6-8-15(17,18)9-7-12/h2-5,10,12H,6-9H2,1H3,(H,19,20). The monoisotopic (exact) mass is 345 g/mol. The molecule has 1 amide bonds. The number of carbonyl (C=O) groups excluding carboxylic acids is 1. The highest BCUT2D eigenvalue weighted by atomic mass is 79.9. The number of halogens is 3. The van der Waals surface area contributed by atoms with Crippen LogP contribution in [0.25, 0.3) is 0 Å². The minimum Gasteiger partial charge on any atom is -0.349 e. The fourth-order valence-electron chi connectivity index (χ4n) is 2.47. The molecule has 1 atom stereocenters. The molecule has 1 saturated carbocycles. The van der Waals surface area contributed by atoms with Crippen LogP contribution in [-0.4, -0.2) is 11.8 Å². The Morgan fingerprint density at radius 3 is 2.40 bits per heavy atom. The lowest BCUT2D eigenvalue weighted by Crippen LogP contribution is -2.37. The Morgan fingerprint density at radius 2 is 1.85 bits per heavy atom. The largest absolute Gasteiger partial charge is 0.349 e. The van der Waals surface area contributed by atoms with Crippen LogP contribution >= 0.6 is 15.9 Å². The van der Waals surface area contributed by atoms with Gasteiger partial charge in [0.15, 0.2) is 0 Å². The summed E-state index contributed by atoms with van der Waals surface area (Å²) in [5, 5.41) is 2.91. The topological polar surface area (TPSA) is 29.1 Å². The highest BCUT2D eigenvalue weighted by Gasteiger charge is 2.37. The van der Waals surface area contributed by atoms with E-state index in [2.05, 4.69) is 21.2 Å². The third kappa shape index (κ3) is 4.01. The predicted octanol–water partition coefficient (Wildman–Crippen LogP) is 4.45. The van der Waals surface area contributed by atoms with E-state index >= 15 is 0 Å². The van der Waals surface area contributed by atoms with Crippen LogP contribution in [0.2, 0.25) is 0 Å². The summed E-state index contributed by atoms with van der Waals surface area (Å²) in [5.41, 5.74) is 1.00. The normalized spacial score (nSPS) is 20.4. The van der Waals surface area contributed by atoms with Crippen molar-refractivity contribution in [3.05, 3.63) is 34.3 Å². The number of rotatable bonds is 3. The molecule has 0 saturated heterocycles. The second-order valence-electron chi connectivity index (χ2n) is 5.41. The maximum Gasteiger partial charge on any atom is 0.248 e. The van der Waals surface area contributed by atoms with Gasteiger partial charge in [-0.05, 0) is 37.5 Å². The SMILES string of the molecule is CC(NC(=O)C1CCC(F)(F)CC1)c1ccc(Br)cc1. The van der Waals surface area contributed by atoms with Crippen molar-refractivity contribution in [2.75, 3.05) is 0 Å². The number of nitrogens with one attached hydrogen (secondary N) is 1. The van der Waals surface area contributed by atoms with Crippen LogP contribution in [0.4, 0.5) is 8.78 Å². The molecule has 0 aliphatic heterocycles. The molecule has 0 heterocycles. The maximum absolute atomic E-state index is 13.1. The quantitative estimate of drug-likeness (QED) is 0.861. The minimum absolute atomic E-state index is 0.113. The van der Waals surface area contributed by atoms with Gasteiger partial charge in [-0.2, -0.15) is 0 Å². The molecule has 0 aromatic heterocycles. The van der Waals surface area contributed by atoms with Crippen molar-refractivity contribution < 1.29 is 13.6 Å². The molecule has 2 rings (SSSR count). The molecule has 20 heavy (non-hydrogen) atoms. The van der Waals surface area contributed by atoms with E-state index in [1.165, 1.54) is 0 Å². The van der Waals surface area contributed by atoms with E-state index in [1.807, 2.05) is 31.2 Å². The van der Waals surface area contributed by atoms with E-state index in [9.17, 15) is 13.6 Å². The first-order valence-electron chi connectivity index (χ1n) is 6.81.